The highest BCUT2D eigenvalue weighted by atomic mass is 32.2. The fraction of sp³-hybridized carbons (Fsp3) is 0.652. The Labute approximate surface area is 217 Å². The smallest absolute Gasteiger partial charge is 0.351 e. The zero-order valence-corrected chi connectivity index (χ0v) is 21.8. The van der Waals surface area contributed by atoms with Crippen LogP contribution in [0.25, 0.3) is 0 Å². The van der Waals surface area contributed by atoms with Crippen molar-refractivity contribution in [3.05, 3.63) is 34.0 Å². The molecule has 5 heterocycles. The number of rotatable bonds is 6. The Morgan fingerprint density at radius 1 is 1.24 bits per heavy atom. The van der Waals surface area contributed by atoms with Gasteiger partial charge in [0.15, 0.2) is 5.82 Å². The third kappa shape index (κ3) is 5.05. The first-order chi connectivity index (χ1) is 17.7. The highest BCUT2D eigenvalue weighted by Crippen LogP contribution is 2.45. The number of carbonyl (C=O) groups excluding carboxylic acids is 1. The van der Waals surface area contributed by atoms with E-state index in [1.54, 1.807) is 11.8 Å². The van der Waals surface area contributed by atoms with Crippen LogP contribution in [-0.2, 0) is 24.1 Å². The van der Waals surface area contributed by atoms with Crippen LogP contribution < -0.4 is 11.1 Å². The van der Waals surface area contributed by atoms with Gasteiger partial charge in [-0.05, 0) is 23.8 Å². The van der Waals surface area contributed by atoms with Gasteiger partial charge in [0.1, 0.15) is 11.2 Å². The van der Waals surface area contributed by atoms with Crippen molar-refractivity contribution in [3.8, 4) is 0 Å². The second-order valence-electron chi connectivity index (χ2n) is 9.68. The maximum atomic E-state index is 13.4. The summed E-state index contributed by atoms with van der Waals surface area (Å²) in [6.45, 7) is 4.55. The Kier molecular flexibility index (Phi) is 7.14. The number of likely N-dealkylation sites (tertiary alicyclic amines) is 1. The Morgan fingerprint density at radius 2 is 2.05 bits per heavy atom. The van der Waals surface area contributed by atoms with Crippen molar-refractivity contribution in [1.82, 2.24) is 34.8 Å². The molecule has 37 heavy (non-hydrogen) atoms. The highest BCUT2D eigenvalue weighted by Gasteiger charge is 2.42. The van der Waals surface area contributed by atoms with E-state index >= 15 is 0 Å². The van der Waals surface area contributed by atoms with Crippen molar-refractivity contribution < 1.29 is 18.0 Å². The van der Waals surface area contributed by atoms with Gasteiger partial charge >= 0.3 is 6.18 Å². The van der Waals surface area contributed by atoms with Gasteiger partial charge in [-0.3, -0.25) is 4.79 Å². The molecule has 1 aromatic rings. The fourth-order valence-electron chi connectivity index (χ4n) is 5.25. The minimum Gasteiger partial charge on any atom is -0.351 e. The van der Waals surface area contributed by atoms with Gasteiger partial charge in [0.25, 0.3) is 0 Å². The van der Waals surface area contributed by atoms with Gasteiger partial charge in [0.2, 0.25) is 17.7 Å². The molecule has 0 aromatic carbocycles. The van der Waals surface area contributed by atoms with Crippen LogP contribution in [0, 0.1) is 0 Å². The Morgan fingerprint density at radius 3 is 2.78 bits per heavy atom. The predicted octanol–water partition coefficient (Wildman–Crippen LogP) is 1.92. The van der Waals surface area contributed by atoms with E-state index in [-0.39, 0.29) is 36.2 Å². The van der Waals surface area contributed by atoms with E-state index in [1.807, 2.05) is 11.9 Å². The lowest BCUT2D eigenvalue weighted by Crippen LogP contribution is -2.50. The molecule has 1 saturated heterocycles. The largest absolute Gasteiger partial charge is 0.451 e. The van der Waals surface area contributed by atoms with Crippen LogP contribution >= 0.6 is 11.8 Å². The van der Waals surface area contributed by atoms with Crippen LogP contribution in [0.15, 0.2) is 27.4 Å². The van der Waals surface area contributed by atoms with E-state index in [0.29, 0.717) is 26.1 Å². The molecule has 5 rings (SSSR count). The van der Waals surface area contributed by atoms with Gasteiger partial charge < -0.3 is 30.3 Å². The number of fused-ring (bicyclic) bond motifs is 2. The van der Waals surface area contributed by atoms with Gasteiger partial charge in [-0.25, -0.2) is 0 Å². The minimum absolute atomic E-state index is 0.0170. The highest BCUT2D eigenvalue weighted by molar-refractivity contribution is 8.04. The maximum absolute atomic E-state index is 13.4. The number of hydrogen-bond acceptors (Lipinski definition) is 9. The molecule has 1 amide bonds. The number of likely N-dealkylation sites (N-methyl/N-ethyl adjacent to an activating group) is 1. The van der Waals surface area contributed by atoms with E-state index in [4.69, 9.17) is 10.7 Å². The van der Waals surface area contributed by atoms with Crippen molar-refractivity contribution in [1.29, 1.82) is 0 Å². The zero-order valence-electron chi connectivity index (χ0n) is 21.0. The molecule has 2 atom stereocenters. The molecule has 1 aromatic heterocycles. The summed E-state index contributed by atoms with van der Waals surface area (Å²) in [6.07, 6.45) is 0.738. The standard InChI is InChI=1S/C23H32F3N9OS/c1-3-4-15-11-16-19(33-9-10-35-17(13-33)30-31-21(35)23(24,25)26)29-22(32(2)20(16)37-15)34-8-6-14(12-34)28-18(36)5-7-27/h11,14,20H,3-10,12-13,27H2,1-2H3,(H,28,36)/t14-,20?/m0/s1. The first-order valence-electron chi connectivity index (χ1n) is 12.6. The zero-order chi connectivity index (χ0) is 26.3. The van der Waals surface area contributed by atoms with Crippen LogP contribution in [0.2, 0.25) is 0 Å². The summed E-state index contributed by atoms with van der Waals surface area (Å²) in [4.78, 5) is 24.8. The number of alkyl halides is 3. The quantitative estimate of drug-likeness (QED) is 0.565. The molecule has 1 unspecified atom stereocenters. The average molecular weight is 540 g/mol. The predicted molar refractivity (Wildman–Crippen MR) is 134 cm³/mol. The molecule has 0 spiro atoms. The van der Waals surface area contributed by atoms with Gasteiger partial charge in [-0.2, -0.15) is 18.2 Å². The number of carbonyl (C=O) groups is 1. The summed E-state index contributed by atoms with van der Waals surface area (Å²) in [5, 5.41) is 10.4. The molecule has 1 fully saturated rings. The number of guanidine groups is 1. The summed E-state index contributed by atoms with van der Waals surface area (Å²) < 4.78 is 41.2. The molecule has 4 aliphatic heterocycles. The lowest BCUT2D eigenvalue weighted by molar-refractivity contribution is -0.148. The second kappa shape index (κ2) is 10.2. The van der Waals surface area contributed by atoms with E-state index in [0.717, 1.165) is 47.7 Å². The summed E-state index contributed by atoms with van der Waals surface area (Å²) in [6, 6.07) is 0.0170. The molecule has 0 saturated carbocycles. The maximum Gasteiger partial charge on any atom is 0.451 e. The van der Waals surface area contributed by atoms with E-state index in [2.05, 4.69) is 38.3 Å². The van der Waals surface area contributed by atoms with Gasteiger partial charge in [0, 0.05) is 57.8 Å². The van der Waals surface area contributed by atoms with Crippen molar-refractivity contribution in [2.75, 3.05) is 33.2 Å². The Bertz CT molecular complexity index is 1140. The van der Waals surface area contributed by atoms with E-state index in [1.165, 1.54) is 4.91 Å². The van der Waals surface area contributed by atoms with Gasteiger partial charge in [-0.15, -0.1) is 22.0 Å². The van der Waals surface area contributed by atoms with Crippen LogP contribution in [-0.4, -0.2) is 86.0 Å². The third-order valence-corrected chi connectivity index (χ3v) is 8.41. The summed E-state index contributed by atoms with van der Waals surface area (Å²) >= 11 is 1.80. The number of allylic oxidation sites excluding steroid dienone is 1. The molecular weight excluding hydrogens is 507 g/mol. The topological polar surface area (TPSA) is 108 Å². The average Bonchev–Trinajstić information content (AvgIpc) is 3.57. The number of nitrogens with zero attached hydrogens (tertiary/aromatic N) is 7. The van der Waals surface area contributed by atoms with Crippen molar-refractivity contribution in [2.45, 2.75) is 63.3 Å². The number of aromatic nitrogens is 3. The number of nitrogens with two attached hydrogens (primary N) is 1. The summed E-state index contributed by atoms with van der Waals surface area (Å²) in [5.74, 6) is 0.862. The summed E-state index contributed by atoms with van der Waals surface area (Å²) in [5.41, 5.74) is 6.57. The van der Waals surface area contributed by atoms with Gasteiger partial charge in [0.05, 0.1) is 6.54 Å². The Hall–Kier alpha value is -2.74. The number of hydrogen-bond donors (Lipinski definition) is 2. The van der Waals surface area contributed by atoms with Crippen LogP contribution in [0.4, 0.5) is 13.2 Å². The first kappa shape index (κ1) is 25.9. The molecule has 4 aliphatic rings. The number of nitrogens with one attached hydrogen (secondary N) is 1. The van der Waals surface area contributed by atoms with Crippen molar-refractivity contribution in [3.63, 3.8) is 0 Å². The van der Waals surface area contributed by atoms with Crippen molar-refractivity contribution >= 4 is 23.6 Å². The number of thioether (sulfide) groups is 1. The molecule has 202 valence electrons. The summed E-state index contributed by atoms with van der Waals surface area (Å²) in [7, 11) is 2.03. The fourth-order valence-corrected chi connectivity index (χ4v) is 6.61. The normalized spacial score (nSPS) is 23.8. The number of amides is 1. The Balaban J connectivity index is 1.43. The van der Waals surface area contributed by atoms with Crippen LogP contribution in [0.3, 0.4) is 0 Å². The SMILES string of the molecule is CCCC1=CC2=C(N3CCn4c(nnc4C(F)(F)F)C3)N=C(N3CC[C@H](NC(=O)CCN)C3)N(C)C2S1. The minimum atomic E-state index is -4.54. The molecule has 10 nitrogen and oxygen atoms in total. The lowest BCUT2D eigenvalue weighted by Gasteiger charge is -2.40. The first-order valence-corrected chi connectivity index (χ1v) is 13.5. The second-order valence-corrected chi connectivity index (χ2v) is 10.9. The van der Waals surface area contributed by atoms with Crippen LogP contribution in [0.5, 0.6) is 0 Å². The molecular formula is C23H32F3N9OS. The number of aliphatic imine (C=N–C) groups is 1. The molecule has 3 N–H and O–H groups in total. The number of halogens is 3. The van der Waals surface area contributed by atoms with Crippen molar-refractivity contribution in [2.24, 2.45) is 10.7 Å². The van der Waals surface area contributed by atoms with E-state index in [9.17, 15) is 18.0 Å². The monoisotopic (exact) mass is 539 g/mol. The van der Waals surface area contributed by atoms with Gasteiger partial charge in [-0.1, -0.05) is 13.3 Å². The van der Waals surface area contributed by atoms with Crippen LogP contribution in [0.1, 0.15) is 44.3 Å². The lowest BCUT2D eigenvalue weighted by atomic mass is 10.1. The molecule has 0 bridgehead atoms. The molecule has 14 heteroatoms. The third-order valence-electron chi connectivity index (χ3n) is 6.99. The molecule has 0 radical (unpaired) electrons. The molecule has 0 aliphatic carbocycles. The van der Waals surface area contributed by atoms with E-state index < -0.39 is 12.0 Å².